The summed E-state index contributed by atoms with van der Waals surface area (Å²) >= 11 is 1.44. The first-order valence-corrected chi connectivity index (χ1v) is 6.15. The largest absolute Gasteiger partial charge is 0.345 e. The molecule has 0 bridgehead atoms. The van der Waals surface area contributed by atoms with Crippen molar-refractivity contribution in [2.24, 2.45) is 0 Å². The number of amides is 1. The molecule has 2 N–H and O–H groups in total. The minimum absolute atomic E-state index is 0.168. The Morgan fingerprint density at radius 3 is 3.12 bits per heavy atom. The lowest BCUT2D eigenvalue weighted by atomic mass is 10.2. The Hall–Kier alpha value is -1.89. The van der Waals surface area contributed by atoms with Crippen molar-refractivity contribution in [1.29, 1.82) is 0 Å². The van der Waals surface area contributed by atoms with Gasteiger partial charge >= 0.3 is 0 Å². The highest BCUT2D eigenvalue weighted by atomic mass is 32.2. The van der Waals surface area contributed by atoms with Crippen molar-refractivity contribution < 1.29 is 4.79 Å². The third kappa shape index (κ3) is 2.82. The van der Waals surface area contributed by atoms with Crippen LogP contribution in [0.5, 0.6) is 0 Å². The molecule has 17 heavy (non-hydrogen) atoms. The van der Waals surface area contributed by atoms with Crippen molar-refractivity contribution in [2.45, 2.75) is 11.6 Å². The maximum absolute atomic E-state index is 11.9. The third-order valence-corrected chi connectivity index (χ3v) is 2.80. The number of nitrogens with one attached hydrogen (secondary N) is 2. The number of rotatable bonds is 4. The van der Waals surface area contributed by atoms with E-state index >= 15 is 0 Å². The second-order valence-corrected chi connectivity index (χ2v) is 3.97. The molecule has 88 valence electrons. The van der Waals surface area contributed by atoms with Gasteiger partial charge in [0.2, 0.25) is 0 Å². The molecule has 0 aliphatic rings. The molecule has 1 amide bonds. The first-order chi connectivity index (χ1) is 8.31. The molecule has 0 aromatic carbocycles. The van der Waals surface area contributed by atoms with E-state index in [4.69, 9.17) is 0 Å². The molecule has 0 radical (unpaired) electrons. The summed E-state index contributed by atoms with van der Waals surface area (Å²) in [7, 11) is 0. The van der Waals surface area contributed by atoms with Gasteiger partial charge in [-0.3, -0.25) is 9.89 Å². The van der Waals surface area contributed by atoms with E-state index in [0.717, 1.165) is 0 Å². The normalized spacial score (nSPS) is 10.2. The number of hydrogen-bond donors (Lipinski definition) is 2. The number of thioether (sulfide) groups is 1. The fourth-order valence-electron chi connectivity index (χ4n) is 1.30. The van der Waals surface area contributed by atoms with Gasteiger partial charge in [-0.05, 0) is 18.4 Å². The van der Waals surface area contributed by atoms with Crippen LogP contribution in [0, 0.1) is 0 Å². The van der Waals surface area contributed by atoms with E-state index in [1.165, 1.54) is 18.1 Å². The van der Waals surface area contributed by atoms with E-state index < -0.39 is 0 Å². The van der Waals surface area contributed by atoms with E-state index in [1.807, 2.05) is 6.26 Å². The number of hydrogen-bond acceptors (Lipinski definition) is 5. The van der Waals surface area contributed by atoms with Crippen molar-refractivity contribution in [2.75, 3.05) is 6.26 Å². The molecule has 0 atom stereocenters. The number of nitrogens with zero attached hydrogens (tertiary/aromatic N) is 3. The first-order valence-electron chi connectivity index (χ1n) is 4.92. The van der Waals surface area contributed by atoms with Crippen LogP contribution in [0.25, 0.3) is 0 Å². The van der Waals surface area contributed by atoms with Crippen molar-refractivity contribution in [3.8, 4) is 0 Å². The predicted molar refractivity (Wildman–Crippen MR) is 63.6 cm³/mol. The summed E-state index contributed by atoms with van der Waals surface area (Å²) in [5.74, 6) is 0.451. The second-order valence-electron chi connectivity index (χ2n) is 3.18. The average Bonchev–Trinajstić information content (AvgIpc) is 2.89. The lowest BCUT2D eigenvalue weighted by Crippen LogP contribution is -2.24. The van der Waals surface area contributed by atoms with E-state index in [-0.39, 0.29) is 5.91 Å². The van der Waals surface area contributed by atoms with Gasteiger partial charge in [-0.1, -0.05) is 0 Å². The molecule has 0 aliphatic carbocycles. The third-order valence-electron chi connectivity index (χ3n) is 2.09. The Balaban J connectivity index is 2.04. The van der Waals surface area contributed by atoms with Crippen molar-refractivity contribution >= 4 is 17.7 Å². The molecule has 2 rings (SSSR count). The van der Waals surface area contributed by atoms with Crippen LogP contribution in [0.15, 0.2) is 29.7 Å². The molecular weight excluding hydrogens is 238 g/mol. The molecule has 2 aromatic rings. The van der Waals surface area contributed by atoms with Gasteiger partial charge in [0.25, 0.3) is 5.91 Å². The molecule has 2 aromatic heterocycles. The van der Waals surface area contributed by atoms with Gasteiger partial charge in [0.05, 0.1) is 12.1 Å². The van der Waals surface area contributed by atoms with Gasteiger partial charge in [-0.25, -0.2) is 9.97 Å². The molecular formula is C10H11N5OS. The van der Waals surface area contributed by atoms with E-state index in [9.17, 15) is 4.79 Å². The topological polar surface area (TPSA) is 83.6 Å². The Labute approximate surface area is 102 Å². The van der Waals surface area contributed by atoms with Crippen LogP contribution in [0.3, 0.4) is 0 Å². The number of carbonyl (C=O) groups is 1. The number of carbonyl (C=O) groups excluding carboxylic acids is 1. The number of H-pyrrole nitrogens is 1. The van der Waals surface area contributed by atoms with Crippen LogP contribution in [-0.2, 0) is 6.54 Å². The van der Waals surface area contributed by atoms with Crippen molar-refractivity contribution in [3.05, 3.63) is 36.0 Å². The van der Waals surface area contributed by atoms with Gasteiger partial charge in [0, 0.05) is 6.20 Å². The van der Waals surface area contributed by atoms with Crippen molar-refractivity contribution in [3.63, 3.8) is 0 Å². The summed E-state index contributed by atoms with van der Waals surface area (Å²) in [6, 6.07) is 3.48. The molecule has 0 fully saturated rings. The van der Waals surface area contributed by atoms with Gasteiger partial charge in [-0.2, -0.15) is 5.10 Å². The van der Waals surface area contributed by atoms with Gasteiger partial charge in [-0.15, -0.1) is 11.8 Å². The number of pyridine rings is 1. The standard InChI is InChI=1S/C10H11N5OS/c1-17-10-7(3-2-4-11-10)9(16)12-5-8-13-6-14-15-8/h2-4,6H,5H2,1H3,(H,12,16)(H,13,14,15). The Morgan fingerprint density at radius 2 is 2.41 bits per heavy atom. The Morgan fingerprint density at radius 1 is 1.53 bits per heavy atom. The molecule has 0 saturated carbocycles. The maximum Gasteiger partial charge on any atom is 0.254 e. The lowest BCUT2D eigenvalue weighted by Gasteiger charge is -2.06. The van der Waals surface area contributed by atoms with Gasteiger partial charge < -0.3 is 5.32 Å². The molecule has 0 unspecified atom stereocenters. The van der Waals surface area contributed by atoms with E-state index in [0.29, 0.717) is 23.0 Å². The summed E-state index contributed by atoms with van der Waals surface area (Å²) in [5, 5.41) is 9.84. The molecule has 0 spiro atoms. The Bertz CT molecular complexity index is 499. The summed E-state index contributed by atoms with van der Waals surface area (Å²) in [6.45, 7) is 0.321. The first kappa shape index (κ1) is 11.6. The number of aromatic nitrogens is 4. The maximum atomic E-state index is 11.9. The van der Waals surface area contributed by atoms with Crippen molar-refractivity contribution in [1.82, 2.24) is 25.5 Å². The predicted octanol–water partition coefficient (Wildman–Crippen LogP) is 0.852. The molecule has 0 saturated heterocycles. The second kappa shape index (κ2) is 5.44. The zero-order valence-corrected chi connectivity index (χ0v) is 9.99. The number of aromatic amines is 1. The van der Waals surface area contributed by atoms with Crippen LogP contribution in [0.2, 0.25) is 0 Å². The minimum atomic E-state index is -0.168. The molecule has 6 nitrogen and oxygen atoms in total. The average molecular weight is 249 g/mol. The minimum Gasteiger partial charge on any atom is -0.345 e. The van der Waals surface area contributed by atoms with Crippen LogP contribution in [0.4, 0.5) is 0 Å². The van der Waals surface area contributed by atoms with Crippen LogP contribution in [-0.4, -0.2) is 32.3 Å². The zero-order chi connectivity index (χ0) is 12.1. The highest BCUT2D eigenvalue weighted by molar-refractivity contribution is 7.98. The lowest BCUT2D eigenvalue weighted by molar-refractivity contribution is 0.0946. The summed E-state index contributed by atoms with van der Waals surface area (Å²) < 4.78 is 0. The zero-order valence-electron chi connectivity index (χ0n) is 9.17. The smallest absolute Gasteiger partial charge is 0.254 e. The summed E-state index contributed by atoms with van der Waals surface area (Å²) in [6.07, 6.45) is 4.95. The van der Waals surface area contributed by atoms with Crippen LogP contribution in [0.1, 0.15) is 16.2 Å². The van der Waals surface area contributed by atoms with Crippen LogP contribution >= 0.6 is 11.8 Å². The molecule has 0 aliphatic heterocycles. The summed E-state index contributed by atoms with van der Waals surface area (Å²) in [4.78, 5) is 19.9. The highest BCUT2D eigenvalue weighted by Crippen LogP contribution is 2.16. The highest BCUT2D eigenvalue weighted by Gasteiger charge is 2.11. The monoisotopic (exact) mass is 249 g/mol. The molecule has 2 heterocycles. The van der Waals surface area contributed by atoms with E-state index in [1.54, 1.807) is 18.3 Å². The molecule has 7 heteroatoms. The quantitative estimate of drug-likeness (QED) is 0.785. The van der Waals surface area contributed by atoms with E-state index in [2.05, 4.69) is 25.5 Å². The van der Waals surface area contributed by atoms with Crippen LogP contribution < -0.4 is 5.32 Å². The Kier molecular flexibility index (Phi) is 3.71. The fraction of sp³-hybridized carbons (Fsp3) is 0.200. The SMILES string of the molecule is CSc1ncccc1C(=O)NCc1ncn[nH]1. The van der Waals surface area contributed by atoms with Gasteiger partial charge in [0.1, 0.15) is 17.2 Å². The summed E-state index contributed by atoms with van der Waals surface area (Å²) in [5.41, 5.74) is 0.569. The van der Waals surface area contributed by atoms with Gasteiger partial charge in [0.15, 0.2) is 0 Å². The fourth-order valence-corrected chi connectivity index (χ4v) is 1.85.